The van der Waals surface area contributed by atoms with Gasteiger partial charge in [-0.15, -0.1) is 0 Å². The first-order chi connectivity index (χ1) is 15.8. The Kier molecular flexibility index (Phi) is 8.19. The first-order valence-corrected chi connectivity index (χ1v) is 11.1. The number of aromatic nitrogens is 2. The number of nitrogen functional groups attached to an aromatic ring is 1. The average Bonchev–Trinajstić information content (AvgIpc) is 2.79. The van der Waals surface area contributed by atoms with Gasteiger partial charge in [-0.05, 0) is 24.1 Å². The summed E-state index contributed by atoms with van der Waals surface area (Å²) in [7, 11) is 0. The zero-order valence-corrected chi connectivity index (χ0v) is 19.5. The van der Waals surface area contributed by atoms with Crippen molar-refractivity contribution in [2.45, 2.75) is 26.3 Å². The summed E-state index contributed by atoms with van der Waals surface area (Å²) >= 11 is 12.2. The highest BCUT2D eigenvalue weighted by atomic mass is 35.5. The van der Waals surface area contributed by atoms with E-state index in [4.69, 9.17) is 33.7 Å². The highest BCUT2D eigenvalue weighted by Gasteiger charge is 2.25. The first-order valence-electron chi connectivity index (χ1n) is 10.4. The number of ether oxygens (including phenoxy) is 1. The molecule has 0 aliphatic heterocycles. The predicted octanol–water partition coefficient (Wildman–Crippen LogP) is 3.69. The van der Waals surface area contributed by atoms with E-state index in [1.54, 1.807) is 18.2 Å². The molecule has 2 aromatic carbocycles. The van der Waals surface area contributed by atoms with Gasteiger partial charge in [0.1, 0.15) is 5.82 Å². The summed E-state index contributed by atoms with van der Waals surface area (Å²) in [5.74, 6) is -0.463. The molecule has 1 aromatic heterocycles. The van der Waals surface area contributed by atoms with Gasteiger partial charge in [0, 0.05) is 6.54 Å². The number of carbonyl (C=O) groups excluding carboxylic acids is 1. The fourth-order valence-corrected chi connectivity index (χ4v) is 3.78. The van der Waals surface area contributed by atoms with Crippen LogP contribution in [-0.4, -0.2) is 28.6 Å². The van der Waals surface area contributed by atoms with Crippen molar-refractivity contribution < 1.29 is 9.53 Å². The molecular formula is C23H24Cl2N4O4. The number of aromatic amines is 1. The third-order valence-corrected chi connectivity index (χ3v) is 5.56. The van der Waals surface area contributed by atoms with Gasteiger partial charge < -0.3 is 15.4 Å². The average molecular weight is 491 g/mol. The molecule has 0 bridgehead atoms. The molecule has 3 N–H and O–H groups in total. The molecule has 3 rings (SSSR count). The summed E-state index contributed by atoms with van der Waals surface area (Å²) in [4.78, 5) is 41.8. The number of nitrogens with zero attached hydrogens (tertiary/aromatic N) is 2. The van der Waals surface area contributed by atoms with Crippen LogP contribution in [0, 0.1) is 0 Å². The van der Waals surface area contributed by atoms with Crippen LogP contribution in [0.4, 0.5) is 11.5 Å². The van der Waals surface area contributed by atoms with Crippen LogP contribution in [0.2, 0.25) is 10.0 Å². The molecular weight excluding hydrogens is 467 g/mol. The fourth-order valence-electron chi connectivity index (χ4n) is 3.27. The van der Waals surface area contributed by atoms with Crippen LogP contribution in [0.5, 0.6) is 5.75 Å². The predicted molar refractivity (Wildman–Crippen MR) is 130 cm³/mol. The van der Waals surface area contributed by atoms with Gasteiger partial charge in [-0.2, -0.15) is 0 Å². The molecule has 0 radical (unpaired) electrons. The third kappa shape index (κ3) is 5.77. The van der Waals surface area contributed by atoms with Crippen molar-refractivity contribution in [2.75, 3.05) is 23.8 Å². The van der Waals surface area contributed by atoms with Crippen LogP contribution >= 0.6 is 23.2 Å². The number of hydrogen-bond acceptors (Lipinski definition) is 5. The molecule has 174 valence electrons. The Morgan fingerprint density at radius 3 is 2.39 bits per heavy atom. The number of H-pyrrole nitrogens is 1. The lowest BCUT2D eigenvalue weighted by molar-refractivity contribution is -0.120. The second-order valence-corrected chi connectivity index (χ2v) is 8.12. The van der Waals surface area contributed by atoms with E-state index < -0.39 is 23.8 Å². The molecule has 10 heteroatoms. The lowest BCUT2D eigenvalue weighted by Gasteiger charge is -2.24. The molecule has 3 aromatic rings. The molecule has 0 spiro atoms. The highest BCUT2D eigenvalue weighted by molar-refractivity contribution is 6.37. The highest BCUT2D eigenvalue weighted by Crippen LogP contribution is 2.32. The van der Waals surface area contributed by atoms with Crippen molar-refractivity contribution in [3.63, 3.8) is 0 Å². The van der Waals surface area contributed by atoms with Gasteiger partial charge in [0.2, 0.25) is 0 Å². The topological polar surface area (TPSA) is 110 Å². The molecule has 0 aliphatic carbocycles. The molecule has 1 amide bonds. The van der Waals surface area contributed by atoms with E-state index in [1.165, 1.54) is 9.47 Å². The number of benzene rings is 2. The summed E-state index contributed by atoms with van der Waals surface area (Å²) in [6, 6.07) is 14.0. The van der Waals surface area contributed by atoms with E-state index in [1.807, 2.05) is 37.3 Å². The van der Waals surface area contributed by atoms with Crippen LogP contribution in [0.1, 0.15) is 25.3 Å². The normalized spacial score (nSPS) is 10.8. The minimum absolute atomic E-state index is 0.0992. The summed E-state index contributed by atoms with van der Waals surface area (Å²) in [5, 5.41) is 0.508. The van der Waals surface area contributed by atoms with Crippen LogP contribution in [0.25, 0.3) is 0 Å². The lowest BCUT2D eigenvalue weighted by Crippen LogP contribution is -2.43. The van der Waals surface area contributed by atoms with Crippen molar-refractivity contribution in [1.82, 2.24) is 9.55 Å². The summed E-state index contributed by atoms with van der Waals surface area (Å²) < 4.78 is 6.79. The number of rotatable bonds is 9. The molecule has 33 heavy (non-hydrogen) atoms. The van der Waals surface area contributed by atoms with Crippen molar-refractivity contribution in [3.8, 4) is 5.75 Å². The summed E-state index contributed by atoms with van der Waals surface area (Å²) in [6.45, 7) is 1.87. The Bertz CT molecular complexity index is 1220. The van der Waals surface area contributed by atoms with Crippen LogP contribution in [0.3, 0.4) is 0 Å². The van der Waals surface area contributed by atoms with Gasteiger partial charge in [-0.3, -0.25) is 19.1 Å². The Balaban J connectivity index is 1.96. The van der Waals surface area contributed by atoms with Crippen molar-refractivity contribution in [1.29, 1.82) is 0 Å². The Hall–Kier alpha value is -3.23. The van der Waals surface area contributed by atoms with Gasteiger partial charge in [0.25, 0.3) is 11.5 Å². The second-order valence-electron chi connectivity index (χ2n) is 7.30. The molecule has 1 heterocycles. The van der Waals surface area contributed by atoms with E-state index in [-0.39, 0.29) is 40.4 Å². The van der Waals surface area contributed by atoms with Gasteiger partial charge in [0.05, 0.1) is 16.6 Å². The molecule has 0 unspecified atom stereocenters. The quantitative estimate of drug-likeness (QED) is 0.475. The smallest absolute Gasteiger partial charge is 0.330 e. The number of carbonyl (C=O) groups is 1. The fraction of sp³-hybridized carbons (Fsp3) is 0.261. The van der Waals surface area contributed by atoms with E-state index in [9.17, 15) is 14.4 Å². The van der Waals surface area contributed by atoms with E-state index in [2.05, 4.69) is 4.98 Å². The number of para-hydroxylation sites is 1. The Labute approximate surface area is 200 Å². The molecule has 0 saturated carbocycles. The van der Waals surface area contributed by atoms with Gasteiger partial charge in [-0.1, -0.05) is 72.9 Å². The van der Waals surface area contributed by atoms with Crippen LogP contribution in [0.15, 0.2) is 58.1 Å². The maximum absolute atomic E-state index is 13.1. The Morgan fingerprint density at radius 1 is 1.09 bits per heavy atom. The summed E-state index contributed by atoms with van der Waals surface area (Å²) in [6.07, 6.45) is 1.37. The van der Waals surface area contributed by atoms with Gasteiger partial charge >= 0.3 is 5.69 Å². The number of unbranched alkanes of at least 4 members (excludes halogenated alkanes) is 1. The maximum Gasteiger partial charge on any atom is 0.330 e. The number of hydrogen-bond donors (Lipinski definition) is 2. The zero-order chi connectivity index (χ0) is 24.0. The van der Waals surface area contributed by atoms with Crippen molar-refractivity contribution in [3.05, 3.63) is 85.0 Å². The summed E-state index contributed by atoms with van der Waals surface area (Å²) in [5.41, 5.74) is 5.57. The number of nitrogens with one attached hydrogen (secondary N) is 1. The molecule has 8 nitrogen and oxygen atoms in total. The van der Waals surface area contributed by atoms with Crippen molar-refractivity contribution in [2.24, 2.45) is 0 Å². The molecule has 0 fully saturated rings. The molecule has 0 saturated heterocycles. The van der Waals surface area contributed by atoms with E-state index >= 15 is 0 Å². The number of amides is 1. The standard InChI is InChI=1S/C23H24Cl2N4O4/c1-2-3-12-28(18(30)14-33-20-16(24)10-7-11-17(20)25)19-21(26)29(23(32)27-22(19)31)13-15-8-5-4-6-9-15/h4-11H,2-3,12-14,26H2,1H3,(H,27,31,32). The van der Waals surface area contributed by atoms with Crippen LogP contribution in [-0.2, 0) is 11.3 Å². The largest absolute Gasteiger partial charge is 0.481 e. The van der Waals surface area contributed by atoms with E-state index in [0.717, 1.165) is 12.0 Å². The van der Waals surface area contributed by atoms with Crippen LogP contribution < -0.4 is 26.6 Å². The molecule has 0 atom stereocenters. The SMILES string of the molecule is CCCCN(C(=O)COc1c(Cl)cccc1Cl)c1c(N)n(Cc2ccccc2)c(=O)[nH]c1=O. The number of halogens is 2. The zero-order valence-electron chi connectivity index (χ0n) is 18.0. The minimum Gasteiger partial charge on any atom is -0.481 e. The first kappa shape index (κ1) is 24.4. The van der Waals surface area contributed by atoms with Crippen molar-refractivity contribution >= 4 is 40.6 Å². The number of nitrogens with two attached hydrogens (primary N) is 1. The van der Waals surface area contributed by atoms with Gasteiger partial charge in [0.15, 0.2) is 18.0 Å². The minimum atomic E-state index is -0.748. The van der Waals surface area contributed by atoms with E-state index in [0.29, 0.717) is 6.42 Å². The monoisotopic (exact) mass is 490 g/mol. The third-order valence-electron chi connectivity index (χ3n) is 4.96. The van der Waals surface area contributed by atoms with Gasteiger partial charge in [-0.25, -0.2) is 4.79 Å². The molecule has 0 aliphatic rings. The second kappa shape index (κ2) is 11.1. The maximum atomic E-state index is 13.1. The lowest BCUT2D eigenvalue weighted by atomic mass is 10.2. The number of anilines is 2. The Morgan fingerprint density at radius 2 is 1.76 bits per heavy atom.